The molecule has 0 aromatic carbocycles. The Kier molecular flexibility index (Phi) is 3.01. The summed E-state index contributed by atoms with van der Waals surface area (Å²) in [6, 6.07) is 0. The largest absolute Gasteiger partial charge is 0.127 e. The lowest BCUT2D eigenvalue weighted by molar-refractivity contribution is 1.22. The first-order chi connectivity index (χ1) is 2.27. The fourth-order valence-electron chi connectivity index (χ4n) is 0. The van der Waals surface area contributed by atoms with Crippen LogP contribution in [0.1, 0.15) is 0 Å². The van der Waals surface area contributed by atoms with Gasteiger partial charge < -0.3 is 0 Å². The van der Waals surface area contributed by atoms with Crippen molar-refractivity contribution < 1.29 is 0 Å². The highest BCUT2D eigenvalue weighted by Gasteiger charge is 1.82. The predicted octanol–water partition coefficient (Wildman–Crippen LogP) is 0.213. The molecule has 0 aromatic heterocycles. The van der Waals surface area contributed by atoms with Gasteiger partial charge >= 0.3 is 0 Å². The van der Waals surface area contributed by atoms with Crippen molar-refractivity contribution in [3.05, 3.63) is 6.92 Å². The van der Waals surface area contributed by atoms with Gasteiger partial charge in [0, 0.05) is 16.1 Å². The van der Waals surface area contributed by atoms with Crippen LogP contribution in [0.3, 0.4) is 0 Å². The number of alkyl halides is 1. The molecule has 1 atom stereocenters. The average molecular weight is 108 g/mol. The molecule has 0 spiro atoms. The maximum atomic E-state index is 5.31. The second-order valence-electron chi connectivity index (χ2n) is 1.26. The van der Waals surface area contributed by atoms with Gasteiger partial charge in [-0.25, -0.2) is 0 Å². The van der Waals surface area contributed by atoms with E-state index in [0.29, 0.717) is 5.54 Å². The van der Waals surface area contributed by atoms with Gasteiger partial charge in [-0.3, -0.25) is 0 Å². The highest BCUT2D eigenvalue weighted by atomic mass is 35.5. The van der Waals surface area contributed by atoms with E-state index >= 15 is 0 Å². The third-order valence-corrected chi connectivity index (χ3v) is 1.72. The first-order valence-corrected chi connectivity index (χ1v) is 3.35. The predicted molar refractivity (Wildman–Crippen MR) is 29.8 cm³/mol. The summed E-state index contributed by atoms with van der Waals surface area (Å²) in [6.45, 7) is 3.69. The highest BCUT2D eigenvalue weighted by molar-refractivity contribution is 6.24. The lowest BCUT2D eigenvalue weighted by Crippen LogP contribution is -1.82. The molecule has 0 fully saturated rings. The van der Waals surface area contributed by atoms with Gasteiger partial charge in [0.1, 0.15) is 0 Å². The van der Waals surface area contributed by atoms with Crippen molar-refractivity contribution in [1.82, 2.24) is 0 Å². The standard InChI is InChI=1S/C3H8ClSi/c1-3(5)2-4/h3H,1-2H2,5H3. The molecule has 31 valence electrons. The van der Waals surface area contributed by atoms with Gasteiger partial charge in [-0.15, -0.1) is 11.6 Å². The van der Waals surface area contributed by atoms with Crippen molar-refractivity contribution in [3.8, 4) is 0 Å². The summed E-state index contributed by atoms with van der Waals surface area (Å²) in [6.07, 6.45) is 0. The van der Waals surface area contributed by atoms with Crippen molar-refractivity contribution in [3.63, 3.8) is 0 Å². The van der Waals surface area contributed by atoms with Gasteiger partial charge in [0.15, 0.2) is 0 Å². The molecule has 0 aliphatic heterocycles. The maximum Gasteiger partial charge on any atom is 0.0219 e. The van der Waals surface area contributed by atoms with Crippen LogP contribution in [0, 0.1) is 6.92 Å². The Morgan fingerprint density at radius 1 is 2.00 bits per heavy atom. The van der Waals surface area contributed by atoms with Crippen molar-refractivity contribution in [2.45, 2.75) is 5.54 Å². The zero-order valence-electron chi connectivity index (χ0n) is 3.37. The molecule has 0 nitrogen and oxygen atoms in total. The van der Waals surface area contributed by atoms with Crippen LogP contribution in [0.15, 0.2) is 0 Å². The van der Waals surface area contributed by atoms with Crippen LogP contribution in [0.5, 0.6) is 0 Å². The lowest BCUT2D eigenvalue weighted by Gasteiger charge is -1.87. The average Bonchev–Trinajstić information content (AvgIpc) is 1.38. The molecular weight excluding hydrogens is 99.6 g/mol. The molecule has 0 aliphatic rings. The SMILES string of the molecule is [CH2]C([SiH3])CCl. The van der Waals surface area contributed by atoms with Crippen LogP contribution in [0.4, 0.5) is 0 Å². The van der Waals surface area contributed by atoms with Gasteiger partial charge in [-0.05, 0) is 5.54 Å². The van der Waals surface area contributed by atoms with E-state index in [-0.39, 0.29) is 0 Å². The summed E-state index contributed by atoms with van der Waals surface area (Å²) in [5.74, 6) is 0.728. The molecular formula is C3H8ClSi. The molecule has 0 saturated heterocycles. The first-order valence-electron chi connectivity index (χ1n) is 1.66. The summed E-state index contributed by atoms with van der Waals surface area (Å²) in [7, 11) is 1.13. The third-order valence-electron chi connectivity index (χ3n) is 0.263. The normalized spacial score (nSPS) is 15.6. The molecule has 0 heterocycles. The van der Waals surface area contributed by atoms with Crippen molar-refractivity contribution >= 4 is 21.8 Å². The monoisotopic (exact) mass is 107 g/mol. The second-order valence-corrected chi connectivity index (χ2v) is 3.20. The maximum absolute atomic E-state index is 5.31. The Hall–Kier alpha value is 0.507. The zero-order valence-corrected chi connectivity index (χ0v) is 6.13. The van der Waals surface area contributed by atoms with Crippen molar-refractivity contribution in [1.29, 1.82) is 0 Å². The van der Waals surface area contributed by atoms with Crippen LogP contribution in [-0.2, 0) is 0 Å². The quantitative estimate of drug-likeness (QED) is 0.332. The topological polar surface area (TPSA) is 0 Å². The minimum atomic E-state index is 0.539. The van der Waals surface area contributed by atoms with Crippen LogP contribution in [0.2, 0.25) is 5.54 Å². The van der Waals surface area contributed by atoms with Gasteiger partial charge in [0.25, 0.3) is 0 Å². The molecule has 0 N–H and O–H groups in total. The summed E-state index contributed by atoms with van der Waals surface area (Å²) < 4.78 is 0. The molecule has 0 amide bonds. The van der Waals surface area contributed by atoms with E-state index in [9.17, 15) is 0 Å². The van der Waals surface area contributed by atoms with Gasteiger partial charge in [0.2, 0.25) is 0 Å². The van der Waals surface area contributed by atoms with Crippen LogP contribution in [-0.4, -0.2) is 16.1 Å². The highest BCUT2D eigenvalue weighted by Crippen LogP contribution is 1.94. The molecule has 1 radical (unpaired) electrons. The first kappa shape index (κ1) is 5.51. The smallest absolute Gasteiger partial charge is 0.0219 e. The van der Waals surface area contributed by atoms with Crippen molar-refractivity contribution in [2.24, 2.45) is 0 Å². The van der Waals surface area contributed by atoms with Gasteiger partial charge in [-0.2, -0.15) is 0 Å². The number of halogens is 1. The molecule has 0 bridgehead atoms. The van der Waals surface area contributed by atoms with E-state index in [1.165, 1.54) is 0 Å². The van der Waals surface area contributed by atoms with E-state index in [2.05, 4.69) is 6.92 Å². The van der Waals surface area contributed by atoms with Crippen LogP contribution < -0.4 is 0 Å². The molecule has 0 saturated carbocycles. The fourth-order valence-corrected chi connectivity index (χ4v) is 0. The Labute approximate surface area is 40.9 Å². The molecule has 2 heteroatoms. The molecule has 5 heavy (non-hydrogen) atoms. The number of hydrogen-bond donors (Lipinski definition) is 0. The number of hydrogen-bond acceptors (Lipinski definition) is 0. The van der Waals surface area contributed by atoms with Crippen molar-refractivity contribution in [2.75, 3.05) is 5.88 Å². The summed E-state index contributed by atoms with van der Waals surface area (Å²) in [5, 5.41) is 0. The molecule has 0 aliphatic carbocycles. The van der Waals surface area contributed by atoms with Gasteiger partial charge in [0.05, 0.1) is 0 Å². The zero-order chi connectivity index (χ0) is 4.28. The fraction of sp³-hybridized carbons (Fsp3) is 0.667. The Morgan fingerprint density at radius 2 is 2.20 bits per heavy atom. The lowest BCUT2D eigenvalue weighted by atomic mass is 10.6. The Bertz CT molecular complexity index is 20.9. The molecule has 0 rings (SSSR count). The van der Waals surface area contributed by atoms with E-state index < -0.39 is 0 Å². The van der Waals surface area contributed by atoms with E-state index in [0.717, 1.165) is 16.1 Å². The van der Waals surface area contributed by atoms with Gasteiger partial charge in [-0.1, -0.05) is 6.92 Å². The Morgan fingerprint density at radius 3 is 2.20 bits per heavy atom. The Balaban J connectivity index is 2.54. The minimum absolute atomic E-state index is 0.539. The summed E-state index contributed by atoms with van der Waals surface area (Å²) in [4.78, 5) is 0. The summed E-state index contributed by atoms with van der Waals surface area (Å²) in [5.41, 5.74) is 0.539. The number of rotatable bonds is 1. The van der Waals surface area contributed by atoms with E-state index in [1.54, 1.807) is 0 Å². The van der Waals surface area contributed by atoms with Crippen LogP contribution >= 0.6 is 11.6 Å². The van der Waals surface area contributed by atoms with Crippen LogP contribution in [0.25, 0.3) is 0 Å². The molecule has 0 aromatic rings. The van der Waals surface area contributed by atoms with E-state index in [1.807, 2.05) is 0 Å². The minimum Gasteiger partial charge on any atom is -0.127 e. The summed E-state index contributed by atoms with van der Waals surface area (Å²) >= 11 is 5.31. The molecule has 1 unspecified atom stereocenters. The third kappa shape index (κ3) is 4.51. The second kappa shape index (κ2) is 2.73. The van der Waals surface area contributed by atoms with E-state index in [4.69, 9.17) is 11.6 Å².